The van der Waals surface area contributed by atoms with Crippen molar-refractivity contribution in [1.29, 1.82) is 0 Å². The molecule has 0 saturated carbocycles. The minimum Gasteiger partial charge on any atom is -0.307 e. The smallest absolute Gasteiger partial charge is 0.0534 e. The molecule has 0 aliphatic carbocycles. The van der Waals surface area contributed by atoms with E-state index in [1.54, 1.807) is 0 Å². The molecular formula is C13H24N4. The van der Waals surface area contributed by atoms with E-state index in [0.717, 1.165) is 0 Å². The third-order valence-corrected chi connectivity index (χ3v) is 3.63. The molecule has 2 N–H and O–H groups in total. The van der Waals surface area contributed by atoms with Crippen molar-refractivity contribution in [1.82, 2.24) is 20.4 Å². The minimum atomic E-state index is 0.400. The molecule has 1 atom stereocenters. The van der Waals surface area contributed by atoms with Gasteiger partial charge in [-0.05, 0) is 45.8 Å². The van der Waals surface area contributed by atoms with Crippen molar-refractivity contribution in [2.45, 2.75) is 45.2 Å². The van der Waals surface area contributed by atoms with Crippen molar-refractivity contribution in [2.75, 3.05) is 19.6 Å². The molecule has 2 heterocycles. The van der Waals surface area contributed by atoms with E-state index in [1.165, 1.54) is 44.5 Å². The highest BCUT2D eigenvalue weighted by Gasteiger charge is 2.20. The van der Waals surface area contributed by atoms with Crippen LogP contribution in [0.5, 0.6) is 0 Å². The second-order valence-electron chi connectivity index (χ2n) is 5.04. The molecule has 1 aliphatic heterocycles. The Hall–Kier alpha value is -0.870. The Kier molecular flexibility index (Phi) is 4.57. The predicted molar refractivity (Wildman–Crippen MR) is 69.9 cm³/mol. The summed E-state index contributed by atoms with van der Waals surface area (Å²) in [7, 11) is 0. The Morgan fingerprint density at radius 1 is 1.53 bits per heavy atom. The van der Waals surface area contributed by atoms with Crippen molar-refractivity contribution >= 4 is 0 Å². The molecule has 1 saturated heterocycles. The molecule has 1 fully saturated rings. The van der Waals surface area contributed by atoms with Gasteiger partial charge in [-0.2, -0.15) is 5.10 Å². The maximum absolute atomic E-state index is 4.00. The number of rotatable bonds is 5. The van der Waals surface area contributed by atoms with Crippen LogP contribution in [-0.2, 0) is 0 Å². The van der Waals surface area contributed by atoms with Crippen LogP contribution in [-0.4, -0.2) is 40.8 Å². The molecule has 0 aromatic carbocycles. The van der Waals surface area contributed by atoms with E-state index in [4.69, 9.17) is 0 Å². The number of nitrogens with one attached hydrogen (secondary N) is 2. The second kappa shape index (κ2) is 6.17. The van der Waals surface area contributed by atoms with Gasteiger partial charge < -0.3 is 10.2 Å². The Bertz CT molecular complexity index is 301. The fourth-order valence-corrected chi connectivity index (χ4v) is 2.59. The van der Waals surface area contributed by atoms with Gasteiger partial charge in [0.2, 0.25) is 0 Å². The zero-order chi connectivity index (χ0) is 12.1. The number of piperidine rings is 1. The predicted octanol–water partition coefficient (Wildman–Crippen LogP) is 1.93. The summed E-state index contributed by atoms with van der Waals surface area (Å²) in [4.78, 5) is 2.57. The van der Waals surface area contributed by atoms with Crippen molar-refractivity contribution in [3.05, 3.63) is 18.0 Å². The van der Waals surface area contributed by atoms with Crippen LogP contribution >= 0.6 is 0 Å². The van der Waals surface area contributed by atoms with Gasteiger partial charge in [-0.1, -0.05) is 6.92 Å². The largest absolute Gasteiger partial charge is 0.307 e. The molecule has 96 valence electrons. The molecule has 0 radical (unpaired) electrons. The van der Waals surface area contributed by atoms with Crippen molar-refractivity contribution < 1.29 is 0 Å². The van der Waals surface area contributed by atoms with Crippen LogP contribution in [0.3, 0.4) is 0 Å². The number of likely N-dealkylation sites (tertiary alicyclic amines) is 1. The average molecular weight is 236 g/mol. The topological polar surface area (TPSA) is 44.0 Å². The maximum Gasteiger partial charge on any atom is 0.0534 e. The van der Waals surface area contributed by atoms with E-state index in [0.29, 0.717) is 12.1 Å². The third-order valence-electron chi connectivity index (χ3n) is 3.63. The Labute approximate surface area is 104 Å². The highest BCUT2D eigenvalue weighted by atomic mass is 15.1. The molecule has 4 heteroatoms. The summed E-state index contributed by atoms with van der Waals surface area (Å²) in [5, 5.41) is 10.6. The lowest BCUT2D eigenvalue weighted by Gasteiger charge is -2.33. The van der Waals surface area contributed by atoms with Gasteiger partial charge in [0.25, 0.3) is 0 Å². The van der Waals surface area contributed by atoms with Crippen LogP contribution in [0.1, 0.15) is 44.7 Å². The van der Waals surface area contributed by atoms with Crippen molar-refractivity contribution in [3.8, 4) is 0 Å². The molecule has 1 aromatic rings. The first kappa shape index (κ1) is 12.6. The summed E-state index contributed by atoms with van der Waals surface area (Å²) >= 11 is 0. The number of H-pyrrole nitrogens is 1. The van der Waals surface area contributed by atoms with E-state index in [1.807, 2.05) is 12.4 Å². The summed E-state index contributed by atoms with van der Waals surface area (Å²) in [6.45, 7) is 8.20. The Morgan fingerprint density at radius 3 is 2.88 bits per heavy atom. The SMILES string of the molecule is CCCN1CCC(NC(C)c2cn[nH]c2)CC1. The van der Waals surface area contributed by atoms with Crippen LogP contribution in [0.25, 0.3) is 0 Å². The molecule has 0 bridgehead atoms. The first-order valence-corrected chi connectivity index (χ1v) is 6.76. The molecule has 2 rings (SSSR count). The molecule has 17 heavy (non-hydrogen) atoms. The number of nitrogens with zero attached hydrogens (tertiary/aromatic N) is 2. The molecule has 0 amide bonds. The first-order valence-electron chi connectivity index (χ1n) is 6.76. The van der Waals surface area contributed by atoms with Crippen LogP contribution < -0.4 is 5.32 Å². The van der Waals surface area contributed by atoms with Gasteiger partial charge in [-0.3, -0.25) is 5.10 Å². The Balaban J connectivity index is 1.74. The summed E-state index contributed by atoms with van der Waals surface area (Å²) in [6.07, 6.45) is 7.68. The molecule has 1 unspecified atom stereocenters. The van der Waals surface area contributed by atoms with Crippen molar-refractivity contribution in [3.63, 3.8) is 0 Å². The van der Waals surface area contributed by atoms with E-state index < -0.39 is 0 Å². The number of hydrogen-bond acceptors (Lipinski definition) is 3. The summed E-state index contributed by atoms with van der Waals surface area (Å²) in [5.74, 6) is 0. The maximum atomic E-state index is 4.00. The number of hydrogen-bond donors (Lipinski definition) is 2. The lowest BCUT2D eigenvalue weighted by atomic mass is 10.0. The first-order chi connectivity index (χ1) is 8.29. The van der Waals surface area contributed by atoms with Gasteiger partial charge in [0.05, 0.1) is 6.20 Å². The lowest BCUT2D eigenvalue weighted by Crippen LogP contribution is -2.43. The van der Waals surface area contributed by atoms with Gasteiger partial charge in [-0.15, -0.1) is 0 Å². The standard InChI is InChI=1S/C13H24N4/c1-3-6-17-7-4-13(5-8-17)16-11(2)12-9-14-15-10-12/h9-11,13,16H,3-8H2,1-2H3,(H,14,15). The van der Waals surface area contributed by atoms with Gasteiger partial charge in [-0.25, -0.2) is 0 Å². The van der Waals surface area contributed by atoms with Crippen LogP contribution in [0, 0.1) is 0 Å². The average Bonchev–Trinajstić information content (AvgIpc) is 2.86. The highest BCUT2D eigenvalue weighted by molar-refractivity contribution is 5.08. The van der Waals surface area contributed by atoms with Gasteiger partial charge in [0.1, 0.15) is 0 Å². The van der Waals surface area contributed by atoms with E-state index in [2.05, 4.69) is 34.3 Å². The van der Waals surface area contributed by atoms with E-state index >= 15 is 0 Å². The molecular weight excluding hydrogens is 212 g/mol. The van der Waals surface area contributed by atoms with Gasteiger partial charge in [0, 0.05) is 23.8 Å². The third kappa shape index (κ3) is 3.54. The van der Waals surface area contributed by atoms with Crippen LogP contribution in [0.4, 0.5) is 0 Å². The van der Waals surface area contributed by atoms with Crippen LogP contribution in [0.15, 0.2) is 12.4 Å². The van der Waals surface area contributed by atoms with E-state index in [9.17, 15) is 0 Å². The summed E-state index contributed by atoms with van der Waals surface area (Å²) in [5.41, 5.74) is 1.25. The van der Waals surface area contributed by atoms with E-state index in [-0.39, 0.29) is 0 Å². The van der Waals surface area contributed by atoms with Crippen molar-refractivity contribution in [2.24, 2.45) is 0 Å². The monoisotopic (exact) mass is 236 g/mol. The fraction of sp³-hybridized carbons (Fsp3) is 0.769. The number of aromatic nitrogens is 2. The molecule has 4 nitrogen and oxygen atoms in total. The molecule has 0 spiro atoms. The second-order valence-corrected chi connectivity index (χ2v) is 5.04. The minimum absolute atomic E-state index is 0.400. The zero-order valence-electron chi connectivity index (χ0n) is 10.9. The molecule has 1 aromatic heterocycles. The van der Waals surface area contributed by atoms with Crippen LogP contribution in [0.2, 0.25) is 0 Å². The quantitative estimate of drug-likeness (QED) is 0.821. The highest BCUT2D eigenvalue weighted by Crippen LogP contribution is 2.16. The lowest BCUT2D eigenvalue weighted by molar-refractivity contribution is 0.192. The summed E-state index contributed by atoms with van der Waals surface area (Å²) in [6, 6.07) is 1.06. The normalized spacial score (nSPS) is 20.6. The van der Waals surface area contributed by atoms with Gasteiger partial charge in [0.15, 0.2) is 0 Å². The fourth-order valence-electron chi connectivity index (χ4n) is 2.59. The number of aromatic amines is 1. The molecule has 1 aliphatic rings. The Morgan fingerprint density at radius 2 is 2.29 bits per heavy atom. The summed E-state index contributed by atoms with van der Waals surface area (Å²) < 4.78 is 0. The van der Waals surface area contributed by atoms with Gasteiger partial charge >= 0.3 is 0 Å². The zero-order valence-corrected chi connectivity index (χ0v) is 10.9.